The highest BCUT2D eigenvalue weighted by atomic mass is 32.2. The largest absolute Gasteiger partial charge is 0.329 e. The number of nitriles is 1. The molecule has 1 aliphatic heterocycles. The van der Waals surface area contributed by atoms with Gasteiger partial charge in [0.15, 0.2) is 0 Å². The van der Waals surface area contributed by atoms with Crippen molar-refractivity contribution in [3.63, 3.8) is 0 Å². The summed E-state index contributed by atoms with van der Waals surface area (Å²) in [6.45, 7) is 4.60. The van der Waals surface area contributed by atoms with Crippen LogP contribution in [0.5, 0.6) is 0 Å². The molecule has 0 bridgehead atoms. The monoisotopic (exact) mass is 307 g/mol. The highest BCUT2D eigenvalue weighted by Crippen LogP contribution is 2.30. The van der Waals surface area contributed by atoms with Crippen molar-refractivity contribution in [2.24, 2.45) is 11.7 Å². The van der Waals surface area contributed by atoms with Gasteiger partial charge in [0.1, 0.15) is 0 Å². The molecule has 1 fully saturated rings. The summed E-state index contributed by atoms with van der Waals surface area (Å²) in [6, 6.07) is 6.55. The summed E-state index contributed by atoms with van der Waals surface area (Å²) in [4.78, 5) is 0.272. The zero-order valence-electron chi connectivity index (χ0n) is 12.4. The van der Waals surface area contributed by atoms with Gasteiger partial charge in [0.2, 0.25) is 10.0 Å². The Morgan fingerprint density at radius 3 is 2.76 bits per heavy atom. The maximum atomic E-state index is 12.9. The maximum absolute atomic E-state index is 12.9. The molecule has 21 heavy (non-hydrogen) atoms. The Morgan fingerprint density at radius 2 is 2.19 bits per heavy atom. The fourth-order valence-corrected chi connectivity index (χ4v) is 4.97. The van der Waals surface area contributed by atoms with Crippen LogP contribution >= 0.6 is 0 Å². The number of aryl methyl sites for hydroxylation is 1. The van der Waals surface area contributed by atoms with Crippen LogP contribution in [-0.2, 0) is 10.0 Å². The molecule has 0 radical (unpaired) electrons. The zero-order valence-corrected chi connectivity index (χ0v) is 13.2. The number of benzene rings is 1. The fourth-order valence-electron chi connectivity index (χ4n) is 2.99. The van der Waals surface area contributed by atoms with Crippen molar-refractivity contribution in [3.8, 4) is 6.07 Å². The molecule has 6 heteroatoms. The van der Waals surface area contributed by atoms with Crippen LogP contribution in [0.2, 0.25) is 0 Å². The molecule has 1 aliphatic rings. The first kappa shape index (κ1) is 16.0. The van der Waals surface area contributed by atoms with Crippen LogP contribution in [0.1, 0.15) is 30.9 Å². The molecular weight excluding hydrogens is 286 g/mol. The van der Waals surface area contributed by atoms with E-state index >= 15 is 0 Å². The lowest BCUT2D eigenvalue weighted by atomic mass is 9.93. The van der Waals surface area contributed by atoms with Gasteiger partial charge in [0.05, 0.1) is 16.5 Å². The van der Waals surface area contributed by atoms with Crippen LogP contribution in [0.15, 0.2) is 23.1 Å². The molecule has 2 atom stereocenters. The Balaban J connectivity index is 2.44. The Kier molecular flexibility index (Phi) is 4.67. The van der Waals surface area contributed by atoms with E-state index in [1.54, 1.807) is 19.1 Å². The Labute approximate surface area is 126 Å². The maximum Gasteiger partial charge on any atom is 0.243 e. The van der Waals surface area contributed by atoms with Gasteiger partial charge in [-0.2, -0.15) is 9.57 Å². The van der Waals surface area contributed by atoms with Gasteiger partial charge in [-0.05, 0) is 49.4 Å². The van der Waals surface area contributed by atoms with Gasteiger partial charge >= 0.3 is 0 Å². The third kappa shape index (κ3) is 2.95. The number of nitrogens with two attached hydrogens (primary N) is 1. The summed E-state index contributed by atoms with van der Waals surface area (Å²) in [5, 5.41) is 8.89. The minimum Gasteiger partial charge on any atom is -0.329 e. The van der Waals surface area contributed by atoms with Gasteiger partial charge in [0.25, 0.3) is 0 Å². The van der Waals surface area contributed by atoms with Gasteiger partial charge in [-0.25, -0.2) is 8.42 Å². The molecule has 0 unspecified atom stereocenters. The molecule has 0 spiro atoms. The van der Waals surface area contributed by atoms with E-state index in [2.05, 4.69) is 0 Å². The number of rotatable bonds is 3. The predicted octanol–water partition coefficient (Wildman–Crippen LogP) is 1.61. The molecule has 1 aromatic rings. The molecule has 2 N–H and O–H groups in total. The molecule has 0 aromatic heterocycles. The zero-order chi connectivity index (χ0) is 15.6. The van der Waals surface area contributed by atoms with E-state index in [-0.39, 0.29) is 16.9 Å². The number of hydrogen-bond donors (Lipinski definition) is 1. The molecule has 1 aromatic carbocycles. The third-order valence-electron chi connectivity index (χ3n) is 4.20. The van der Waals surface area contributed by atoms with E-state index < -0.39 is 10.0 Å². The van der Waals surface area contributed by atoms with E-state index in [4.69, 9.17) is 11.0 Å². The third-order valence-corrected chi connectivity index (χ3v) is 6.28. The molecule has 1 heterocycles. The Hall–Kier alpha value is -1.42. The molecule has 1 saturated heterocycles. The molecule has 114 valence electrons. The van der Waals surface area contributed by atoms with E-state index in [9.17, 15) is 8.42 Å². The van der Waals surface area contributed by atoms with Crippen LogP contribution in [-0.4, -0.2) is 31.9 Å². The van der Waals surface area contributed by atoms with Gasteiger partial charge in [-0.1, -0.05) is 6.92 Å². The van der Waals surface area contributed by atoms with Crippen molar-refractivity contribution < 1.29 is 8.42 Å². The van der Waals surface area contributed by atoms with Crippen molar-refractivity contribution in [2.45, 2.75) is 37.6 Å². The minimum atomic E-state index is -3.57. The summed E-state index contributed by atoms with van der Waals surface area (Å²) in [5.41, 5.74) is 6.86. The summed E-state index contributed by atoms with van der Waals surface area (Å²) < 4.78 is 27.4. The smallest absolute Gasteiger partial charge is 0.243 e. The van der Waals surface area contributed by atoms with Crippen LogP contribution in [0.25, 0.3) is 0 Å². The summed E-state index contributed by atoms with van der Waals surface area (Å²) in [6.07, 6.45) is 1.85. The van der Waals surface area contributed by atoms with Gasteiger partial charge in [-0.15, -0.1) is 0 Å². The lowest BCUT2D eigenvalue weighted by Gasteiger charge is -2.38. The first-order valence-corrected chi connectivity index (χ1v) is 8.58. The molecule has 0 saturated carbocycles. The van der Waals surface area contributed by atoms with Crippen molar-refractivity contribution in [1.82, 2.24) is 4.31 Å². The average Bonchev–Trinajstić information content (AvgIpc) is 2.46. The fraction of sp³-hybridized carbons (Fsp3) is 0.533. The van der Waals surface area contributed by atoms with E-state index in [0.717, 1.165) is 12.8 Å². The van der Waals surface area contributed by atoms with Crippen molar-refractivity contribution in [2.75, 3.05) is 13.1 Å². The summed E-state index contributed by atoms with van der Waals surface area (Å²) in [7, 11) is -3.57. The quantitative estimate of drug-likeness (QED) is 0.919. The van der Waals surface area contributed by atoms with Crippen LogP contribution in [0.4, 0.5) is 0 Å². The Bertz CT molecular complexity index is 664. The van der Waals surface area contributed by atoms with Crippen LogP contribution in [0.3, 0.4) is 0 Å². The summed E-state index contributed by atoms with van der Waals surface area (Å²) >= 11 is 0. The van der Waals surface area contributed by atoms with Crippen molar-refractivity contribution in [1.29, 1.82) is 5.26 Å². The topological polar surface area (TPSA) is 87.2 Å². The standard InChI is InChI=1S/C15H21N3O2S/c1-11-4-3-7-18(14(11)10-17)21(19,20)15-6-5-13(9-16)8-12(15)2/h5-6,8,11,14H,3-4,7,10,17H2,1-2H3/t11-,14+/m1/s1. The Morgan fingerprint density at radius 1 is 1.48 bits per heavy atom. The predicted molar refractivity (Wildman–Crippen MR) is 81.0 cm³/mol. The lowest BCUT2D eigenvalue weighted by Crippen LogP contribution is -2.51. The molecular formula is C15H21N3O2S. The highest BCUT2D eigenvalue weighted by molar-refractivity contribution is 7.89. The van der Waals surface area contributed by atoms with Gasteiger partial charge in [0, 0.05) is 19.1 Å². The van der Waals surface area contributed by atoms with Gasteiger partial charge < -0.3 is 5.73 Å². The second-order valence-electron chi connectivity index (χ2n) is 5.63. The van der Waals surface area contributed by atoms with Crippen LogP contribution < -0.4 is 5.73 Å². The van der Waals surface area contributed by atoms with Crippen LogP contribution in [0, 0.1) is 24.2 Å². The first-order valence-electron chi connectivity index (χ1n) is 7.14. The minimum absolute atomic E-state index is 0.154. The van der Waals surface area contributed by atoms with E-state index in [1.165, 1.54) is 10.4 Å². The summed E-state index contributed by atoms with van der Waals surface area (Å²) in [5.74, 6) is 0.261. The van der Waals surface area contributed by atoms with E-state index in [0.29, 0.717) is 24.2 Å². The van der Waals surface area contributed by atoms with Crippen molar-refractivity contribution in [3.05, 3.63) is 29.3 Å². The first-order chi connectivity index (χ1) is 9.91. The average molecular weight is 307 g/mol. The lowest BCUT2D eigenvalue weighted by molar-refractivity contribution is 0.192. The molecule has 5 nitrogen and oxygen atoms in total. The molecule has 2 rings (SSSR count). The highest BCUT2D eigenvalue weighted by Gasteiger charge is 2.36. The molecule has 0 amide bonds. The van der Waals surface area contributed by atoms with E-state index in [1.807, 2.05) is 13.0 Å². The number of piperidine rings is 1. The normalized spacial score (nSPS) is 23.7. The number of sulfonamides is 1. The van der Waals surface area contributed by atoms with Crippen molar-refractivity contribution >= 4 is 10.0 Å². The second kappa shape index (κ2) is 6.14. The number of nitrogens with zero attached hydrogens (tertiary/aromatic N) is 2. The molecule has 0 aliphatic carbocycles. The SMILES string of the molecule is Cc1cc(C#N)ccc1S(=O)(=O)N1CCC[C@@H](C)[C@@H]1CN. The number of hydrogen-bond acceptors (Lipinski definition) is 4. The second-order valence-corrected chi connectivity index (χ2v) is 7.49. The van der Waals surface area contributed by atoms with Gasteiger partial charge in [-0.3, -0.25) is 0 Å².